The van der Waals surface area contributed by atoms with Crippen molar-refractivity contribution in [3.05, 3.63) is 136 Å². The molecule has 1 fully saturated rings. The maximum atomic E-state index is 14.3. The number of phenolic OH excluding ortho intramolecular Hbond substituents is 1. The molecule has 0 bridgehead atoms. The van der Waals surface area contributed by atoms with E-state index < -0.39 is 32.6 Å². The molecule has 308 valence electrons. The molecule has 6 aromatic rings. The number of ether oxygens (including phenoxy) is 4. The normalized spacial score (nSPS) is 17.6. The van der Waals surface area contributed by atoms with Crippen LogP contribution in [-0.4, -0.2) is 75.5 Å². The molecule has 3 heterocycles. The molecule has 1 unspecified atom stereocenters. The Labute approximate surface area is 345 Å². The largest absolute Gasteiger partial charge is 0.508 e. The summed E-state index contributed by atoms with van der Waals surface area (Å²) in [7, 11) is 1.58. The summed E-state index contributed by atoms with van der Waals surface area (Å²) in [6, 6.07) is 34.4. The van der Waals surface area contributed by atoms with Crippen molar-refractivity contribution in [1.29, 1.82) is 5.26 Å². The second-order valence-corrected chi connectivity index (χ2v) is 16.3. The third-order valence-electron chi connectivity index (χ3n) is 10.5. The molecule has 7 rings (SSSR count). The van der Waals surface area contributed by atoms with Gasteiger partial charge < -0.3 is 33.1 Å². The number of fused-ring (bicyclic) bond motifs is 3. The van der Waals surface area contributed by atoms with E-state index in [0.717, 1.165) is 16.7 Å². The zero-order chi connectivity index (χ0) is 41.7. The molecule has 1 N–H and O–H groups in total. The Hall–Kier alpha value is -5.32. The van der Waals surface area contributed by atoms with Crippen LogP contribution in [0, 0.1) is 11.3 Å². The monoisotopic (exact) mass is 819 g/mol. The fourth-order valence-corrected chi connectivity index (χ4v) is 9.53. The molecule has 14 heteroatoms. The molecular weight excluding hydrogens is 769 g/mol. The summed E-state index contributed by atoms with van der Waals surface area (Å²) in [5, 5.41) is 19.5. The highest BCUT2D eigenvalue weighted by molar-refractivity contribution is 7.44. The lowest BCUT2D eigenvalue weighted by atomic mass is 9.80. The minimum absolute atomic E-state index is 0.0448. The fourth-order valence-electron chi connectivity index (χ4n) is 7.77. The van der Waals surface area contributed by atoms with E-state index in [1.807, 2.05) is 78.9 Å². The number of benzene rings is 4. The van der Waals surface area contributed by atoms with Gasteiger partial charge in [-0.05, 0) is 86.8 Å². The predicted octanol–water partition coefficient (Wildman–Crippen LogP) is 8.33. The predicted molar refractivity (Wildman–Crippen MR) is 225 cm³/mol. The summed E-state index contributed by atoms with van der Waals surface area (Å²) >= 11 is 0. The molecule has 59 heavy (non-hydrogen) atoms. The molecule has 1 aliphatic heterocycles. The summed E-state index contributed by atoms with van der Waals surface area (Å²) in [5.74, 6) is 1.47. The number of imidazole rings is 1. The Morgan fingerprint density at radius 3 is 2.14 bits per heavy atom. The number of rotatable bonds is 17. The molecule has 0 aliphatic carbocycles. The summed E-state index contributed by atoms with van der Waals surface area (Å²) in [6.07, 6.45) is 0.129. The van der Waals surface area contributed by atoms with Gasteiger partial charge in [-0.25, -0.2) is 18.8 Å². The van der Waals surface area contributed by atoms with Crippen LogP contribution in [0.3, 0.4) is 0 Å². The van der Waals surface area contributed by atoms with Crippen molar-refractivity contribution in [3.63, 3.8) is 0 Å². The van der Waals surface area contributed by atoms with E-state index in [2.05, 4.69) is 43.4 Å². The molecule has 2 aromatic heterocycles. The molecule has 1 saturated heterocycles. The number of nitriles is 1. The number of nitrogens with zero attached hydrogens (tertiary/aromatic N) is 5. The first-order chi connectivity index (χ1) is 28.6. The van der Waals surface area contributed by atoms with Crippen LogP contribution in [0.4, 0.5) is 0 Å². The quantitative estimate of drug-likeness (QED) is 0.0539. The van der Waals surface area contributed by atoms with Crippen molar-refractivity contribution >= 4 is 25.2 Å². The topological polar surface area (TPSA) is 142 Å². The molecular formula is C45H50N5O8P. The van der Waals surface area contributed by atoms with Crippen molar-refractivity contribution in [1.82, 2.24) is 18.6 Å². The van der Waals surface area contributed by atoms with E-state index in [4.69, 9.17) is 28.0 Å². The highest BCUT2D eigenvalue weighted by Crippen LogP contribution is 2.51. The van der Waals surface area contributed by atoms with Gasteiger partial charge in [0.2, 0.25) is 0 Å². The average molecular weight is 820 g/mol. The number of phenols is 1. The lowest BCUT2D eigenvalue weighted by Crippen LogP contribution is -2.39. The highest BCUT2D eigenvalue weighted by Gasteiger charge is 2.45. The van der Waals surface area contributed by atoms with Crippen LogP contribution >= 0.6 is 8.53 Å². The first-order valence-corrected chi connectivity index (χ1v) is 20.8. The summed E-state index contributed by atoms with van der Waals surface area (Å²) in [4.78, 5) is 18.9. The van der Waals surface area contributed by atoms with E-state index >= 15 is 0 Å². The second-order valence-electron chi connectivity index (χ2n) is 14.9. The maximum absolute atomic E-state index is 14.3. The third kappa shape index (κ3) is 8.57. The van der Waals surface area contributed by atoms with Crippen LogP contribution < -0.4 is 15.2 Å². The van der Waals surface area contributed by atoms with Crippen molar-refractivity contribution in [3.8, 4) is 23.3 Å². The first kappa shape index (κ1) is 41.8. The molecule has 0 radical (unpaired) electrons. The Kier molecular flexibility index (Phi) is 13.0. The second kappa shape index (κ2) is 18.3. The van der Waals surface area contributed by atoms with E-state index in [9.17, 15) is 15.2 Å². The van der Waals surface area contributed by atoms with Gasteiger partial charge in [0.1, 0.15) is 40.8 Å². The standard InChI is InChI=1S/C45H50N5O8P/c1-30(2)50(31(3)4)59(56-26-10-24-46)58-40-28-43(48-25-23-42-47-38-27-35(51)17-22-39(38)49(42)44(48)52)57-41(40)29-55-45(32-11-8-7-9-12-32,33-13-18-36(53-5)19-14-33)34-15-20-37(54-6)21-16-34/h7-9,11-23,25,27,30-31,40-41,43,51H,10,26,28-29H2,1-6H3/t40-,41+,43+,59?/m0/s1. The first-order valence-electron chi connectivity index (χ1n) is 19.7. The minimum atomic E-state index is -1.68. The summed E-state index contributed by atoms with van der Waals surface area (Å²) in [5.41, 5.74) is 2.61. The fraction of sp³-hybridized carbons (Fsp3) is 0.356. The zero-order valence-corrected chi connectivity index (χ0v) is 35.0. The van der Waals surface area contributed by atoms with E-state index in [1.54, 1.807) is 37.1 Å². The highest BCUT2D eigenvalue weighted by atomic mass is 31.2. The number of hydrogen-bond acceptors (Lipinski definition) is 11. The lowest BCUT2D eigenvalue weighted by Gasteiger charge is -2.39. The van der Waals surface area contributed by atoms with Gasteiger partial charge in [-0.2, -0.15) is 5.26 Å². The van der Waals surface area contributed by atoms with Crippen LogP contribution in [0.5, 0.6) is 17.2 Å². The van der Waals surface area contributed by atoms with Gasteiger partial charge in [0.15, 0.2) is 0 Å². The maximum Gasteiger partial charge on any atom is 0.336 e. The average Bonchev–Trinajstić information content (AvgIpc) is 3.82. The van der Waals surface area contributed by atoms with E-state index in [-0.39, 0.29) is 43.2 Å². The van der Waals surface area contributed by atoms with Crippen LogP contribution in [-0.2, 0) is 24.1 Å². The van der Waals surface area contributed by atoms with Gasteiger partial charge in [-0.15, -0.1) is 0 Å². The number of aromatic nitrogens is 3. The van der Waals surface area contributed by atoms with Crippen LogP contribution in [0.1, 0.15) is 63.5 Å². The Balaban J connectivity index is 1.32. The Morgan fingerprint density at radius 2 is 1.54 bits per heavy atom. The van der Waals surface area contributed by atoms with Crippen LogP contribution in [0.15, 0.2) is 114 Å². The van der Waals surface area contributed by atoms with E-state index in [0.29, 0.717) is 34.6 Å². The van der Waals surface area contributed by atoms with Gasteiger partial charge in [-0.3, -0.25) is 4.57 Å². The van der Waals surface area contributed by atoms with Crippen LogP contribution in [0.2, 0.25) is 0 Å². The minimum Gasteiger partial charge on any atom is -0.508 e. The smallest absolute Gasteiger partial charge is 0.336 e. The molecule has 0 saturated carbocycles. The van der Waals surface area contributed by atoms with E-state index in [1.165, 1.54) is 16.5 Å². The Morgan fingerprint density at radius 1 is 0.915 bits per heavy atom. The molecule has 0 amide bonds. The lowest BCUT2D eigenvalue weighted by molar-refractivity contribution is -0.0925. The molecule has 0 spiro atoms. The third-order valence-corrected chi connectivity index (χ3v) is 12.6. The van der Waals surface area contributed by atoms with Crippen molar-refractivity contribution in [2.75, 3.05) is 27.4 Å². The van der Waals surface area contributed by atoms with Gasteiger partial charge in [-0.1, -0.05) is 54.6 Å². The summed E-state index contributed by atoms with van der Waals surface area (Å²) < 4.78 is 43.9. The van der Waals surface area contributed by atoms with Gasteiger partial charge in [0.05, 0.1) is 57.1 Å². The van der Waals surface area contributed by atoms with Gasteiger partial charge >= 0.3 is 5.69 Å². The van der Waals surface area contributed by atoms with Crippen molar-refractivity contribution < 1.29 is 33.1 Å². The molecule has 1 aliphatic rings. The number of aromatic hydroxyl groups is 1. The van der Waals surface area contributed by atoms with Crippen molar-refractivity contribution in [2.45, 2.75) is 76.7 Å². The van der Waals surface area contributed by atoms with Crippen LogP contribution in [0.25, 0.3) is 16.7 Å². The van der Waals surface area contributed by atoms with Gasteiger partial charge in [0.25, 0.3) is 8.53 Å². The molecule has 13 nitrogen and oxygen atoms in total. The molecule has 4 aromatic carbocycles. The zero-order valence-electron chi connectivity index (χ0n) is 34.1. The summed E-state index contributed by atoms with van der Waals surface area (Å²) in [6.45, 7) is 8.59. The number of methoxy groups -OCH3 is 2. The number of hydrogen-bond donors (Lipinski definition) is 1. The SMILES string of the molecule is COc1ccc(C(OC[C@H]2O[C@@H](n3ccc4nc5cc(O)ccc5n4c3=O)C[C@@H]2OP(OCCC#N)N(C(C)C)C(C)C)(c2ccccc2)c2ccc(OC)cc2)cc1. The van der Waals surface area contributed by atoms with Gasteiger partial charge in [0, 0.05) is 30.8 Å². The van der Waals surface area contributed by atoms with Crippen molar-refractivity contribution in [2.24, 2.45) is 0 Å². The molecule has 4 atom stereocenters. The Bertz CT molecular complexity index is 2380.